The van der Waals surface area contributed by atoms with Gasteiger partial charge >= 0.3 is 0 Å². The Bertz CT molecular complexity index is 771. The SMILES string of the molecule is C=C.CNCCc1ccc(C#Cc2cnc(N3CCNCC3)c(Cl)c2)cc1. The van der Waals surface area contributed by atoms with Crippen molar-refractivity contribution in [3.63, 3.8) is 0 Å². The van der Waals surface area contributed by atoms with Gasteiger partial charge < -0.3 is 15.5 Å². The number of hydrogen-bond acceptors (Lipinski definition) is 4. The summed E-state index contributed by atoms with van der Waals surface area (Å²) in [5, 5.41) is 7.15. The lowest BCUT2D eigenvalue weighted by atomic mass is 10.1. The Morgan fingerprint density at radius 2 is 1.81 bits per heavy atom. The van der Waals surface area contributed by atoms with Gasteiger partial charge in [-0.15, -0.1) is 13.2 Å². The molecule has 1 saturated heterocycles. The van der Waals surface area contributed by atoms with E-state index in [0.29, 0.717) is 5.02 Å². The first-order valence-electron chi connectivity index (χ1n) is 9.13. The van der Waals surface area contributed by atoms with Crippen LogP contribution in [0.3, 0.4) is 0 Å². The molecule has 1 aromatic heterocycles. The maximum atomic E-state index is 6.42. The summed E-state index contributed by atoms with van der Waals surface area (Å²) >= 11 is 6.42. The molecule has 0 aliphatic carbocycles. The zero-order valence-electron chi connectivity index (χ0n) is 15.9. The number of piperazine rings is 1. The largest absolute Gasteiger partial charge is 0.353 e. The minimum absolute atomic E-state index is 0.663. The molecule has 1 aromatic carbocycles. The Hall–Kier alpha value is -2.32. The average molecular weight is 383 g/mol. The third-order valence-electron chi connectivity index (χ3n) is 4.21. The van der Waals surface area contributed by atoms with Crippen LogP contribution in [0.2, 0.25) is 5.02 Å². The van der Waals surface area contributed by atoms with Crippen molar-refractivity contribution in [3.8, 4) is 11.8 Å². The second kappa shape index (κ2) is 11.4. The normalized spacial score (nSPS) is 13.2. The van der Waals surface area contributed by atoms with Crippen LogP contribution in [0.25, 0.3) is 0 Å². The maximum Gasteiger partial charge on any atom is 0.147 e. The maximum absolute atomic E-state index is 6.42. The molecular formula is C22H27ClN4. The van der Waals surface area contributed by atoms with Crippen LogP contribution in [-0.4, -0.2) is 44.8 Å². The summed E-state index contributed by atoms with van der Waals surface area (Å²) in [6, 6.07) is 10.3. The molecule has 3 rings (SSSR count). The fourth-order valence-corrected chi connectivity index (χ4v) is 3.06. The minimum atomic E-state index is 0.663. The van der Waals surface area contributed by atoms with Crippen LogP contribution in [0.15, 0.2) is 49.7 Å². The van der Waals surface area contributed by atoms with Crippen molar-refractivity contribution in [3.05, 3.63) is 71.4 Å². The van der Waals surface area contributed by atoms with Gasteiger partial charge in [-0.2, -0.15) is 0 Å². The van der Waals surface area contributed by atoms with E-state index in [1.165, 1.54) is 5.56 Å². The van der Waals surface area contributed by atoms with E-state index < -0.39 is 0 Å². The van der Waals surface area contributed by atoms with Crippen LogP contribution in [0.4, 0.5) is 5.82 Å². The predicted molar refractivity (Wildman–Crippen MR) is 116 cm³/mol. The summed E-state index contributed by atoms with van der Waals surface area (Å²) in [5.41, 5.74) is 3.14. The van der Waals surface area contributed by atoms with Crippen molar-refractivity contribution in [2.24, 2.45) is 0 Å². The molecule has 27 heavy (non-hydrogen) atoms. The molecule has 2 N–H and O–H groups in total. The quantitative estimate of drug-likeness (QED) is 0.629. The summed E-state index contributed by atoms with van der Waals surface area (Å²) in [4.78, 5) is 6.73. The fourth-order valence-electron chi connectivity index (χ4n) is 2.78. The summed E-state index contributed by atoms with van der Waals surface area (Å²) < 4.78 is 0. The lowest BCUT2D eigenvalue weighted by Crippen LogP contribution is -2.44. The molecule has 0 radical (unpaired) electrons. The van der Waals surface area contributed by atoms with Crippen molar-refractivity contribution in [2.45, 2.75) is 6.42 Å². The molecule has 142 valence electrons. The van der Waals surface area contributed by atoms with E-state index in [4.69, 9.17) is 11.6 Å². The Kier molecular flexibility index (Phi) is 8.86. The van der Waals surface area contributed by atoms with Crippen LogP contribution in [-0.2, 0) is 6.42 Å². The summed E-state index contributed by atoms with van der Waals surface area (Å²) in [5.74, 6) is 7.19. The smallest absolute Gasteiger partial charge is 0.147 e. The van der Waals surface area contributed by atoms with E-state index in [1.807, 2.05) is 13.1 Å². The number of rotatable bonds is 4. The summed E-state index contributed by atoms with van der Waals surface area (Å²) in [6.07, 6.45) is 2.83. The molecule has 2 aromatic rings. The Labute approximate surface area is 167 Å². The molecule has 0 atom stereocenters. The van der Waals surface area contributed by atoms with Gasteiger partial charge in [-0.05, 0) is 43.8 Å². The van der Waals surface area contributed by atoms with Gasteiger partial charge in [-0.1, -0.05) is 35.6 Å². The standard InChI is InChI=1S/C20H23ClN4.C2H4/c1-22-9-8-17-4-2-16(3-5-17)6-7-18-14-19(21)20(24-15-18)25-12-10-23-11-13-25;1-2/h2-5,14-15,22-23H,8-13H2,1H3;1-2H2. The number of halogens is 1. The summed E-state index contributed by atoms with van der Waals surface area (Å²) in [6.45, 7) is 10.8. The molecule has 0 spiro atoms. The van der Waals surface area contributed by atoms with Gasteiger partial charge in [0.15, 0.2) is 0 Å². The molecule has 0 unspecified atom stereocenters. The van der Waals surface area contributed by atoms with E-state index in [0.717, 1.165) is 56.1 Å². The first kappa shape index (κ1) is 21.0. The second-order valence-electron chi connectivity index (χ2n) is 6.07. The average Bonchev–Trinajstić information content (AvgIpc) is 2.73. The number of nitrogens with one attached hydrogen (secondary N) is 2. The third kappa shape index (κ3) is 6.41. The number of benzene rings is 1. The Morgan fingerprint density at radius 1 is 1.15 bits per heavy atom. The molecule has 0 bridgehead atoms. The highest BCUT2D eigenvalue weighted by molar-refractivity contribution is 6.33. The number of pyridine rings is 1. The van der Waals surface area contributed by atoms with Gasteiger partial charge in [0.25, 0.3) is 0 Å². The molecule has 4 nitrogen and oxygen atoms in total. The van der Waals surface area contributed by atoms with E-state index in [1.54, 1.807) is 6.20 Å². The molecular weight excluding hydrogens is 356 g/mol. The minimum Gasteiger partial charge on any atom is -0.353 e. The highest BCUT2D eigenvalue weighted by atomic mass is 35.5. The topological polar surface area (TPSA) is 40.2 Å². The van der Waals surface area contributed by atoms with Crippen molar-refractivity contribution >= 4 is 17.4 Å². The van der Waals surface area contributed by atoms with Crippen molar-refractivity contribution in [1.82, 2.24) is 15.6 Å². The van der Waals surface area contributed by atoms with Crippen LogP contribution in [0, 0.1) is 11.8 Å². The second-order valence-corrected chi connectivity index (χ2v) is 6.47. The zero-order valence-corrected chi connectivity index (χ0v) is 16.6. The summed E-state index contributed by atoms with van der Waals surface area (Å²) in [7, 11) is 1.96. The van der Waals surface area contributed by atoms with Crippen molar-refractivity contribution < 1.29 is 0 Å². The number of hydrogen-bond donors (Lipinski definition) is 2. The van der Waals surface area contributed by atoms with Gasteiger partial charge in [0.1, 0.15) is 5.82 Å². The number of likely N-dealkylation sites (N-methyl/N-ethyl adjacent to an activating group) is 1. The third-order valence-corrected chi connectivity index (χ3v) is 4.49. The molecule has 5 heteroatoms. The van der Waals surface area contributed by atoms with E-state index in [9.17, 15) is 0 Å². The lowest BCUT2D eigenvalue weighted by molar-refractivity contribution is 0.585. The molecule has 0 amide bonds. The van der Waals surface area contributed by atoms with E-state index >= 15 is 0 Å². The van der Waals surface area contributed by atoms with Crippen molar-refractivity contribution in [1.29, 1.82) is 0 Å². The molecule has 1 aliphatic heterocycles. The van der Waals surface area contributed by atoms with E-state index in [-0.39, 0.29) is 0 Å². The lowest BCUT2D eigenvalue weighted by Gasteiger charge is -2.28. The molecule has 0 saturated carbocycles. The van der Waals surface area contributed by atoms with Gasteiger partial charge in [0.05, 0.1) is 5.02 Å². The first-order chi connectivity index (χ1) is 13.3. The fraction of sp³-hybridized carbons (Fsp3) is 0.318. The van der Waals surface area contributed by atoms with Gasteiger partial charge in [-0.25, -0.2) is 4.98 Å². The number of anilines is 1. The van der Waals surface area contributed by atoms with Gasteiger partial charge in [0, 0.05) is 43.5 Å². The first-order valence-corrected chi connectivity index (χ1v) is 9.51. The molecule has 1 aliphatic rings. The number of aromatic nitrogens is 1. The highest BCUT2D eigenvalue weighted by Gasteiger charge is 2.14. The molecule has 2 heterocycles. The predicted octanol–water partition coefficient (Wildman–Crippen LogP) is 3.11. The zero-order chi connectivity index (χ0) is 19.5. The van der Waals surface area contributed by atoms with Crippen molar-refractivity contribution in [2.75, 3.05) is 44.7 Å². The van der Waals surface area contributed by atoms with Crippen LogP contribution >= 0.6 is 11.6 Å². The van der Waals surface area contributed by atoms with Gasteiger partial charge in [0.2, 0.25) is 0 Å². The number of nitrogens with zero attached hydrogens (tertiary/aromatic N) is 2. The monoisotopic (exact) mass is 382 g/mol. The van der Waals surface area contributed by atoms with Crippen LogP contribution in [0.5, 0.6) is 0 Å². The molecule has 1 fully saturated rings. The highest BCUT2D eigenvalue weighted by Crippen LogP contribution is 2.24. The van der Waals surface area contributed by atoms with Crippen LogP contribution < -0.4 is 15.5 Å². The van der Waals surface area contributed by atoms with Crippen LogP contribution in [0.1, 0.15) is 16.7 Å². The Balaban J connectivity index is 0.00000126. The van der Waals surface area contributed by atoms with Gasteiger partial charge in [-0.3, -0.25) is 0 Å². The Morgan fingerprint density at radius 3 is 2.44 bits per heavy atom. The van der Waals surface area contributed by atoms with E-state index in [2.05, 4.69) is 69.8 Å².